The second-order valence-electron chi connectivity index (χ2n) is 5.95. The van der Waals surface area contributed by atoms with Gasteiger partial charge in [0.25, 0.3) is 5.91 Å². The number of hydrogen-bond donors (Lipinski definition) is 1. The van der Waals surface area contributed by atoms with Gasteiger partial charge < -0.3 is 19.8 Å². The number of morpholine rings is 1. The summed E-state index contributed by atoms with van der Waals surface area (Å²) in [5.41, 5.74) is 6.41. The second-order valence-corrected chi connectivity index (χ2v) is 5.95. The van der Waals surface area contributed by atoms with Crippen LogP contribution in [0.2, 0.25) is 0 Å². The lowest BCUT2D eigenvalue weighted by Gasteiger charge is -2.34. The molecule has 1 aromatic heterocycles. The first-order chi connectivity index (χ1) is 9.92. The van der Waals surface area contributed by atoms with E-state index in [1.807, 2.05) is 20.8 Å². The number of carbonyl (C=O) groups excluding carboxylic acids is 1. The molecule has 0 saturated carbocycles. The first-order valence-electron chi connectivity index (χ1n) is 7.58. The van der Waals surface area contributed by atoms with Gasteiger partial charge in [0.2, 0.25) is 5.89 Å². The van der Waals surface area contributed by atoms with Gasteiger partial charge in [-0.3, -0.25) is 4.79 Å². The van der Waals surface area contributed by atoms with Crippen molar-refractivity contribution >= 4 is 5.91 Å². The SMILES string of the molecule is CCC(C)C(N)c1nc(C(=O)N2CC(C)OC(C)C2)co1. The third kappa shape index (κ3) is 3.63. The van der Waals surface area contributed by atoms with Crippen LogP contribution in [-0.2, 0) is 4.74 Å². The van der Waals surface area contributed by atoms with Crippen LogP contribution in [0.25, 0.3) is 0 Å². The van der Waals surface area contributed by atoms with E-state index in [-0.39, 0.29) is 30.1 Å². The van der Waals surface area contributed by atoms with E-state index < -0.39 is 0 Å². The maximum Gasteiger partial charge on any atom is 0.275 e. The summed E-state index contributed by atoms with van der Waals surface area (Å²) in [6.45, 7) is 9.18. The molecule has 1 saturated heterocycles. The Morgan fingerprint density at radius 3 is 2.67 bits per heavy atom. The van der Waals surface area contributed by atoms with Crippen LogP contribution >= 0.6 is 0 Å². The summed E-state index contributed by atoms with van der Waals surface area (Å²) in [5, 5.41) is 0. The van der Waals surface area contributed by atoms with Crippen LogP contribution in [0, 0.1) is 5.92 Å². The summed E-state index contributed by atoms with van der Waals surface area (Å²) >= 11 is 0. The molecule has 2 rings (SSSR count). The van der Waals surface area contributed by atoms with E-state index in [0.29, 0.717) is 24.7 Å². The summed E-state index contributed by atoms with van der Waals surface area (Å²) in [7, 11) is 0. The van der Waals surface area contributed by atoms with Gasteiger partial charge in [-0.05, 0) is 19.8 Å². The van der Waals surface area contributed by atoms with Gasteiger partial charge in [-0.2, -0.15) is 0 Å². The smallest absolute Gasteiger partial charge is 0.275 e. The molecule has 118 valence electrons. The average Bonchev–Trinajstić information content (AvgIpc) is 2.93. The Morgan fingerprint density at radius 2 is 2.10 bits per heavy atom. The van der Waals surface area contributed by atoms with E-state index in [1.165, 1.54) is 6.26 Å². The molecule has 2 heterocycles. The molecule has 1 aliphatic rings. The fourth-order valence-electron chi connectivity index (χ4n) is 2.54. The first kappa shape index (κ1) is 16.0. The highest BCUT2D eigenvalue weighted by Gasteiger charge is 2.29. The zero-order chi connectivity index (χ0) is 15.6. The fourth-order valence-corrected chi connectivity index (χ4v) is 2.54. The van der Waals surface area contributed by atoms with E-state index in [0.717, 1.165) is 6.42 Å². The summed E-state index contributed by atoms with van der Waals surface area (Å²) in [4.78, 5) is 18.5. The van der Waals surface area contributed by atoms with Crippen LogP contribution in [0.5, 0.6) is 0 Å². The van der Waals surface area contributed by atoms with E-state index in [2.05, 4.69) is 11.9 Å². The molecule has 21 heavy (non-hydrogen) atoms. The van der Waals surface area contributed by atoms with Crippen LogP contribution in [0.4, 0.5) is 0 Å². The highest BCUT2D eigenvalue weighted by molar-refractivity contribution is 5.92. The van der Waals surface area contributed by atoms with E-state index in [1.54, 1.807) is 4.90 Å². The van der Waals surface area contributed by atoms with Crippen molar-refractivity contribution in [2.75, 3.05) is 13.1 Å². The van der Waals surface area contributed by atoms with Crippen molar-refractivity contribution in [2.45, 2.75) is 52.4 Å². The maximum atomic E-state index is 12.5. The lowest BCUT2D eigenvalue weighted by molar-refractivity contribution is -0.0587. The molecule has 1 fully saturated rings. The van der Waals surface area contributed by atoms with Crippen LogP contribution < -0.4 is 5.73 Å². The molecule has 1 amide bonds. The third-order valence-electron chi connectivity index (χ3n) is 3.99. The van der Waals surface area contributed by atoms with Gasteiger partial charge in [0.1, 0.15) is 6.26 Å². The first-order valence-corrected chi connectivity index (χ1v) is 7.58. The summed E-state index contributed by atoms with van der Waals surface area (Å²) in [6.07, 6.45) is 2.41. The Bertz CT molecular complexity index is 478. The van der Waals surface area contributed by atoms with Crippen molar-refractivity contribution in [1.82, 2.24) is 9.88 Å². The van der Waals surface area contributed by atoms with E-state index in [4.69, 9.17) is 14.9 Å². The Kier molecular flexibility index (Phi) is 5.00. The maximum absolute atomic E-state index is 12.5. The highest BCUT2D eigenvalue weighted by atomic mass is 16.5. The number of carbonyl (C=O) groups is 1. The quantitative estimate of drug-likeness (QED) is 0.918. The number of hydrogen-bond acceptors (Lipinski definition) is 5. The van der Waals surface area contributed by atoms with Crippen LogP contribution in [-0.4, -0.2) is 41.1 Å². The Labute approximate surface area is 125 Å². The number of aromatic nitrogens is 1. The molecule has 1 aromatic rings. The van der Waals surface area contributed by atoms with Gasteiger partial charge in [0.15, 0.2) is 5.69 Å². The number of nitrogens with zero attached hydrogens (tertiary/aromatic N) is 2. The monoisotopic (exact) mass is 295 g/mol. The van der Waals surface area contributed by atoms with Crippen molar-refractivity contribution in [3.05, 3.63) is 17.8 Å². The molecule has 4 atom stereocenters. The lowest BCUT2D eigenvalue weighted by Crippen LogP contribution is -2.48. The Balaban J connectivity index is 2.08. The normalized spacial score (nSPS) is 25.7. The van der Waals surface area contributed by atoms with Crippen molar-refractivity contribution in [1.29, 1.82) is 0 Å². The van der Waals surface area contributed by atoms with Crippen molar-refractivity contribution in [3.8, 4) is 0 Å². The molecule has 6 heteroatoms. The summed E-state index contributed by atoms with van der Waals surface area (Å²) in [5.74, 6) is 0.570. The summed E-state index contributed by atoms with van der Waals surface area (Å²) in [6, 6.07) is -0.279. The molecule has 6 nitrogen and oxygen atoms in total. The van der Waals surface area contributed by atoms with Crippen LogP contribution in [0.3, 0.4) is 0 Å². The predicted molar refractivity (Wildman–Crippen MR) is 78.8 cm³/mol. The Morgan fingerprint density at radius 1 is 1.48 bits per heavy atom. The predicted octanol–water partition coefficient (Wildman–Crippen LogP) is 1.97. The molecule has 0 aliphatic carbocycles. The largest absolute Gasteiger partial charge is 0.446 e. The number of nitrogens with two attached hydrogens (primary N) is 1. The molecule has 0 aromatic carbocycles. The molecule has 4 unspecified atom stereocenters. The molecular formula is C15H25N3O3. The zero-order valence-electron chi connectivity index (χ0n) is 13.2. The molecule has 0 radical (unpaired) electrons. The van der Waals surface area contributed by atoms with E-state index in [9.17, 15) is 4.79 Å². The minimum atomic E-state index is -0.279. The standard InChI is InChI=1S/C15H25N3O3/c1-5-9(2)13(16)14-17-12(8-20-14)15(19)18-6-10(3)21-11(4)7-18/h8-11,13H,5-7,16H2,1-4H3. The van der Waals surface area contributed by atoms with Crippen LogP contribution in [0.1, 0.15) is 56.5 Å². The van der Waals surface area contributed by atoms with Gasteiger partial charge in [-0.15, -0.1) is 0 Å². The van der Waals surface area contributed by atoms with Gasteiger partial charge in [0, 0.05) is 13.1 Å². The minimum Gasteiger partial charge on any atom is -0.446 e. The third-order valence-corrected chi connectivity index (χ3v) is 3.99. The van der Waals surface area contributed by atoms with Crippen LogP contribution in [0.15, 0.2) is 10.7 Å². The topological polar surface area (TPSA) is 81.6 Å². The van der Waals surface area contributed by atoms with Gasteiger partial charge in [-0.25, -0.2) is 4.98 Å². The van der Waals surface area contributed by atoms with Gasteiger partial charge in [-0.1, -0.05) is 20.3 Å². The van der Waals surface area contributed by atoms with Crippen molar-refractivity contribution in [2.24, 2.45) is 11.7 Å². The lowest BCUT2D eigenvalue weighted by atomic mass is 10.0. The van der Waals surface area contributed by atoms with Crippen molar-refractivity contribution < 1.29 is 13.9 Å². The number of ether oxygens (including phenoxy) is 1. The zero-order valence-corrected chi connectivity index (χ0v) is 13.2. The second kappa shape index (κ2) is 6.58. The minimum absolute atomic E-state index is 0.0337. The molecule has 0 spiro atoms. The fraction of sp³-hybridized carbons (Fsp3) is 0.733. The molecule has 1 aliphatic heterocycles. The number of oxazole rings is 1. The average molecular weight is 295 g/mol. The number of amides is 1. The van der Waals surface area contributed by atoms with Gasteiger partial charge in [0.05, 0.1) is 18.2 Å². The van der Waals surface area contributed by atoms with E-state index >= 15 is 0 Å². The molecule has 2 N–H and O–H groups in total. The summed E-state index contributed by atoms with van der Waals surface area (Å²) < 4.78 is 11.0. The number of rotatable bonds is 4. The highest BCUT2D eigenvalue weighted by Crippen LogP contribution is 2.22. The molecular weight excluding hydrogens is 270 g/mol. The molecule has 0 bridgehead atoms. The van der Waals surface area contributed by atoms with Crippen molar-refractivity contribution in [3.63, 3.8) is 0 Å². The Hall–Kier alpha value is -1.40. The van der Waals surface area contributed by atoms with Gasteiger partial charge >= 0.3 is 0 Å².